The molecule has 0 radical (unpaired) electrons. The van der Waals surface area contributed by atoms with Gasteiger partial charge < -0.3 is 15.4 Å². The fourth-order valence-corrected chi connectivity index (χ4v) is 2.07. The standard InChI is InChI=1S/C11H17N3O2/c15-9-3-1-8(2-4-9)7-14-10-11(16)13-6-5-12-10/h5-6,8-9,15H,1-4,7H2,(H,12,14)(H,13,16). The largest absolute Gasteiger partial charge is 0.393 e. The monoisotopic (exact) mass is 223 g/mol. The SMILES string of the molecule is O=c1[nH]ccnc1NCC1CCC(O)CC1. The molecule has 0 aromatic carbocycles. The first-order valence-electron chi connectivity index (χ1n) is 5.71. The molecular formula is C11H17N3O2. The molecule has 2 rings (SSSR count). The third-order valence-electron chi connectivity index (χ3n) is 3.08. The van der Waals surface area contributed by atoms with E-state index in [2.05, 4.69) is 15.3 Å². The second-order valence-electron chi connectivity index (χ2n) is 4.32. The highest BCUT2D eigenvalue weighted by atomic mass is 16.3. The zero-order chi connectivity index (χ0) is 11.4. The molecular weight excluding hydrogens is 206 g/mol. The van der Waals surface area contributed by atoms with Crippen molar-refractivity contribution in [1.82, 2.24) is 9.97 Å². The smallest absolute Gasteiger partial charge is 0.290 e. The van der Waals surface area contributed by atoms with Gasteiger partial charge in [-0.2, -0.15) is 0 Å². The molecule has 5 nitrogen and oxygen atoms in total. The van der Waals surface area contributed by atoms with Gasteiger partial charge in [0.15, 0.2) is 5.82 Å². The van der Waals surface area contributed by atoms with E-state index in [1.54, 1.807) is 6.20 Å². The van der Waals surface area contributed by atoms with Gasteiger partial charge in [-0.1, -0.05) is 0 Å². The predicted molar refractivity (Wildman–Crippen MR) is 61.3 cm³/mol. The van der Waals surface area contributed by atoms with Crippen LogP contribution in [0, 0.1) is 5.92 Å². The fraction of sp³-hybridized carbons (Fsp3) is 0.636. The van der Waals surface area contributed by atoms with Crippen LogP contribution in [0.4, 0.5) is 5.82 Å². The van der Waals surface area contributed by atoms with Crippen LogP contribution in [-0.4, -0.2) is 27.7 Å². The molecule has 0 aliphatic heterocycles. The van der Waals surface area contributed by atoms with Crippen LogP contribution in [0.25, 0.3) is 0 Å². The number of hydrogen-bond donors (Lipinski definition) is 3. The van der Waals surface area contributed by atoms with E-state index >= 15 is 0 Å². The Balaban J connectivity index is 1.84. The van der Waals surface area contributed by atoms with Crippen LogP contribution in [0.3, 0.4) is 0 Å². The Morgan fingerprint density at radius 3 is 2.88 bits per heavy atom. The molecule has 1 aromatic rings. The van der Waals surface area contributed by atoms with Crippen molar-refractivity contribution in [2.75, 3.05) is 11.9 Å². The Labute approximate surface area is 93.9 Å². The molecule has 5 heteroatoms. The van der Waals surface area contributed by atoms with Crippen LogP contribution in [0.5, 0.6) is 0 Å². The Morgan fingerprint density at radius 2 is 2.19 bits per heavy atom. The molecule has 0 unspecified atom stereocenters. The van der Waals surface area contributed by atoms with Crippen molar-refractivity contribution >= 4 is 5.82 Å². The zero-order valence-electron chi connectivity index (χ0n) is 9.15. The number of aromatic amines is 1. The van der Waals surface area contributed by atoms with Gasteiger partial charge in [0.1, 0.15) is 0 Å². The number of anilines is 1. The van der Waals surface area contributed by atoms with E-state index in [1.165, 1.54) is 6.20 Å². The molecule has 0 spiro atoms. The van der Waals surface area contributed by atoms with E-state index in [9.17, 15) is 9.90 Å². The van der Waals surface area contributed by atoms with Crippen LogP contribution in [0.2, 0.25) is 0 Å². The quantitative estimate of drug-likeness (QED) is 0.706. The second-order valence-corrected chi connectivity index (χ2v) is 4.32. The maximum absolute atomic E-state index is 11.3. The van der Waals surface area contributed by atoms with E-state index in [1.807, 2.05) is 0 Å². The maximum Gasteiger partial charge on any atom is 0.290 e. The summed E-state index contributed by atoms with van der Waals surface area (Å²) < 4.78 is 0. The Bertz CT molecular complexity index is 383. The fourth-order valence-electron chi connectivity index (χ4n) is 2.07. The van der Waals surface area contributed by atoms with Crippen molar-refractivity contribution in [2.24, 2.45) is 5.92 Å². The van der Waals surface area contributed by atoms with E-state index in [0.29, 0.717) is 11.7 Å². The van der Waals surface area contributed by atoms with Gasteiger partial charge in [-0.05, 0) is 31.6 Å². The maximum atomic E-state index is 11.3. The van der Waals surface area contributed by atoms with Crippen LogP contribution in [0.15, 0.2) is 17.2 Å². The van der Waals surface area contributed by atoms with Crippen molar-refractivity contribution in [2.45, 2.75) is 31.8 Å². The van der Waals surface area contributed by atoms with Gasteiger partial charge in [0, 0.05) is 18.9 Å². The van der Waals surface area contributed by atoms with Gasteiger partial charge >= 0.3 is 0 Å². The molecule has 16 heavy (non-hydrogen) atoms. The molecule has 1 aliphatic rings. The van der Waals surface area contributed by atoms with Crippen LogP contribution in [-0.2, 0) is 0 Å². The van der Waals surface area contributed by atoms with Crippen molar-refractivity contribution in [3.05, 3.63) is 22.7 Å². The Kier molecular flexibility index (Phi) is 3.56. The van der Waals surface area contributed by atoms with E-state index in [4.69, 9.17) is 0 Å². The molecule has 1 fully saturated rings. The first kappa shape index (κ1) is 11.1. The lowest BCUT2D eigenvalue weighted by molar-refractivity contribution is 0.111. The molecule has 88 valence electrons. The summed E-state index contributed by atoms with van der Waals surface area (Å²) in [5.74, 6) is 0.915. The molecule has 0 bridgehead atoms. The number of H-pyrrole nitrogens is 1. The molecule has 1 saturated carbocycles. The summed E-state index contributed by atoms with van der Waals surface area (Å²) in [6, 6.07) is 0. The molecule has 1 aromatic heterocycles. The van der Waals surface area contributed by atoms with Crippen molar-refractivity contribution in [1.29, 1.82) is 0 Å². The molecule has 0 saturated heterocycles. The van der Waals surface area contributed by atoms with Crippen molar-refractivity contribution < 1.29 is 5.11 Å². The topological polar surface area (TPSA) is 78.0 Å². The lowest BCUT2D eigenvalue weighted by atomic mass is 9.87. The summed E-state index contributed by atoms with van der Waals surface area (Å²) >= 11 is 0. The minimum Gasteiger partial charge on any atom is -0.393 e. The van der Waals surface area contributed by atoms with E-state index in [-0.39, 0.29) is 11.7 Å². The van der Waals surface area contributed by atoms with Crippen LogP contribution >= 0.6 is 0 Å². The predicted octanol–water partition coefficient (Wildman–Crippen LogP) is 0.733. The minimum atomic E-state index is -0.182. The lowest BCUT2D eigenvalue weighted by Crippen LogP contribution is -2.25. The average molecular weight is 223 g/mol. The van der Waals surface area contributed by atoms with Crippen molar-refractivity contribution in [3.63, 3.8) is 0 Å². The number of aliphatic hydroxyl groups is 1. The van der Waals surface area contributed by atoms with Gasteiger partial charge in [-0.3, -0.25) is 4.79 Å². The summed E-state index contributed by atoms with van der Waals surface area (Å²) in [7, 11) is 0. The Hall–Kier alpha value is -1.36. The molecule has 1 heterocycles. The van der Waals surface area contributed by atoms with Gasteiger partial charge in [0.2, 0.25) is 0 Å². The second kappa shape index (κ2) is 5.12. The zero-order valence-corrected chi connectivity index (χ0v) is 9.15. The summed E-state index contributed by atoms with van der Waals surface area (Å²) in [5, 5.41) is 12.4. The van der Waals surface area contributed by atoms with Crippen molar-refractivity contribution in [3.8, 4) is 0 Å². The summed E-state index contributed by atoms with van der Waals surface area (Å²) in [6.45, 7) is 0.757. The van der Waals surface area contributed by atoms with E-state index in [0.717, 1.165) is 32.2 Å². The molecule has 1 aliphatic carbocycles. The minimum absolute atomic E-state index is 0.130. The first-order valence-corrected chi connectivity index (χ1v) is 5.71. The highest BCUT2D eigenvalue weighted by molar-refractivity contribution is 5.29. The van der Waals surface area contributed by atoms with Gasteiger partial charge in [-0.25, -0.2) is 4.98 Å². The number of rotatable bonds is 3. The van der Waals surface area contributed by atoms with Gasteiger partial charge in [0.25, 0.3) is 5.56 Å². The van der Waals surface area contributed by atoms with E-state index < -0.39 is 0 Å². The Morgan fingerprint density at radius 1 is 1.44 bits per heavy atom. The molecule has 3 N–H and O–H groups in total. The normalized spacial score (nSPS) is 25.3. The summed E-state index contributed by atoms with van der Waals surface area (Å²) in [5.41, 5.74) is -0.182. The first-order chi connectivity index (χ1) is 7.75. The number of nitrogens with one attached hydrogen (secondary N) is 2. The van der Waals surface area contributed by atoms with Gasteiger partial charge in [-0.15, -0.1) is 0 Å². The number of nitrogens with zero attached hydrogens (tertiary/aromatic N) is 1. The highest BCUT2D eigenvalue weighted by Crippen LogP contribution is 2.23. The lowest BCUT2D eigenvalue weighted by Gasteiger charge is -2.25. The van der Waals surface area contributed by atoms with Crippen LogP contribution < -0.4 is 10.9 Å². The molecule has 0 amide bonds. The van der Waals surface area contributed by atoms with Crippen LogP contribution in [0.1, 0.15) is 25.7 Å². The number of aliphatic hydroxyl groups excluding tert-OH is 1. The summed E-state index contributed by atoms with van der Waals surface area (Å²) in [6.07, 6.45) is 6.71. The highest BCUT2D eigenvalue weighted by Gasteiger charge is 2.19. The third-order valence-corrected chi connectivity index (χ3v) is 3.08. The number of hydrogen-bond acceptors (Lipinski definition) is 4. The third kappa shape index (κ3) is 2.82. The molecule has 0 atom stereocenters. The average Bonchev–Trinajstić information content (AvgIpc) is 2.30. The summed E-state index contributed by atoms with van der Waals surface area (Å²) in [4.78, 5) is 17.9. The number of aromatic nitrogens is 2. The van der Waals surface area contributed by atoms with Gasteiger partial charge in [0.05, 0.1) is 6.10 Å².